The van der Waals surface area contributed by atoms with Crippen molar-refractivity contribution in [3.8, 4) is 0 Å². The van der Waals surface area contributed by atoms with Gasteiger partial charge in [0.15, 0.2) is 0 Å². The fourth-order valence-corrected chi connectivity index (χ4v) is 2.65. The van der Waals surface area contributed by atoms with Crippen molar-refractivity contribution in [2.45, 2.75) is 0 Å². The smallest absolute Gasteiger partial charge is 0.258 e. The van der Waals surface area contributed by atoms with E-state index in [1.54, 1.807) is 0 Å². The van der Waals surface area contributed by atoms with Crippen LogP contribution in [0.1, 0.15) is 10.4 Å². The highest BCUT2D eigenvalue weighted by molar-refractivity contribution is 6.07. The fraction of sp³-hybridized carbons (Fsp3) is 0.150. The highest BCUT2D eigenvalue weighted by atomic mass is 16.2. The van der Waals surface area contributed by atoms with Crippen LogP contribution in [0.15, 0.2) is 72.8 Å². The number of carbonyl (C=O) groups is 1. The van der Waals surface area contributed by atoms with Crippen LogP contribution in [0.25, 0.3) is 10.8 Å². The summed E-state index contributed by atoms with van der Waals surface area (Å²) in [5.74, 6) is 0.0242. The molecule has 0 aliphatic carbocycles. The van der Waals surface area contributed by atoms with Crippen LogP contribution < -0.4 is 10.2 Å². The Kier molecular flexibility index (Phi) is 4.69. The van der Waals surface area contributed by atoms with Gasteiger partial charge in [0, 0.05) is 24.3 Å². The van der Waals surface area contributed by atoms with Crippen molar-refractivity contribution >= 4 is 22.4 Å². The summed E-state index contributed by atoms with van der Waals surface area (Å²) < 4.78 is 0. The second-order valence-corrected chi connectivity index (χ2v) is 5.46. The number of benzene rings is 3. The molecule has 116 valence electrons. The third kappa shape index (κ3) is 3.41. The highest BCUT2D eigenvalue weighted by Gasteiger charge is 2.17. The number of anilines is 1. The van der Waals surface area contributed by atoms with Crippen LogP contribution in [0.4, 0.5) is 5.69 Å². The molecule has 0 atom stereocenters. The van der Waals surface area contributed by atoms with Crippen LogP contribution >= 0.6 is 0 Å². The predicted molar refractivity (Wildman–Crippen MR) is 96.0 cm³/mol. The molecule has 3 rings (SSSR count). The highest BCUT2D eigenvalue weighted by Crippen LogP contribution is 2.23. The van der Waals surface area contributed by atoms with E-state index in [0.29, 0.717) is 12.1 Å². The molecular weight excluding hydrogens is 284 g/mol. The molecule has 0 radical (unpaired) electrons. The van der Waals surface area contributed by atoms with Gasteiger partial charge in [0.2, 0.25) is 0 Å². The first-order valence-electron chi connectivity index (χ1n) is 7.80. The third-order valence-corrected chi connectivity index (χ3v) is 3.90. The Hall–Kier alpha value is -2.65. The van der Waals surface area contributed by atoms with Gasteiger partial charge in [0.1, 0.15) is 0 Å². The lowest BCUT2D eigenvalue weighted by molar-refractivity contribution is 0.0987. The second kappa shape index (κ2) is 7.07. The standard InChI is InChI=1S/C20H20N2O/c1-21-13-14-22(20(23)17-8-3-2-4-9-17)19-12-11-16-7-5-6-10-18(16)15-19/h2-12,15,21H,13-14H2,1H3. The summed E-state index contributed by atoms with van der Waals surface area (Å²) in [4.78, 5) is 14.7. The Morgan fingerprint density at radius 3 is 2.35 bits per heavy atom. The molecule has 0 saturated carbocycles. The number of carbonyl (C=O) groups excluding carboxylic acids is 1. The summed E-state index contributed by atoms with van der Waals surface area (Å²) in [7, 11) is 1.89. The lowest BCUT2D eigenvalue weighted by Gasteiger charge is -2.23. The average molecular weight is 304 g/mol. The Balaban J connectivity index is 1.98. The summed E-state index contributed by atoms with van der Waals surface area (Å²) in [6.07, 6.45) is 0. The molecule has 0 unspecified atom stereocenters. The number of nitrogens with zero attached hydrogens (tertiary/aromatic N) is 1. The Morgan fingerprint density at radius 1 is 0.913 bits per heavy atom. The van der Waals surface area contributed by atoms with Crippen molar-refractivity contribution in [1.82, 2.24) is 5.32 Å². The molecule has 3 aromatic carbocycles. The molecule has 0 saturated heterocycles. The number of hydrogen-bond acceptors (Lipinski definition) is 2. The second-order valence-electron chi connectivity index (χ2n) is 5.46. The first-order chi connectivity index (χ1) is 11.3. The molecule has 3 aromatic rings. The predicted octanol–water partition coefficient (Wildman–Crippen LogP) is 3.71. The van der Waals surface area contributed by atoms with Gasteiger partial charge in [0.25, 0.3) is 5.91 Å². The van der Waals surface area contributed by atoms with E-state index in [-0.39, 0.29) is 5.91 Å². The Morgan fingerprint density at radius 2 is 1.61 bits per heavy atom. The summed E-state index contributed by atoms with van der Waals surface area (Å²) in [5, 5.41) is 5.43. The minimum absolute atomic E-state index is 0.0242. The van der Waals surface area contributed by atoms with Gasteiger partial charge in [-0.3, -0.25) is 4.79 Å². The van der Waals surface area contributed by atoms with Crippen molar-refractivity contribution in [1.29, 1.82) is 0 Å². The van der Waals surface area contributed by atoms with Crippen LogP contribution in [0.3, 0.4) is 0 Å². The molecule has 0 fully saturated rings. The van der Waals surface area contributed by atoms with E-state index in [4.69, 9.17) is 0 Å². The Labute approximate surface area is 136 Å². The first kappa shape index (κ1) is 15.3. The lowest BCUT2D eigenvalue weighted by atomic mass is 10.1. The zero-order chi connectivity index (χ0) is 16.1. The van der Waals surface area contributed by atoms with Crippen molar-refractivity contribution in [3.05, 3.63) is 78.4 Å². The van der Waals surface area contributed by atoms with Crippen LogP contribution in [-0.2, 0) is 0 Å². The van der Waals surface area contributed by atoms with E-state index in [0.717, 1.165) is 17.6 Å². The number of fused-ring (bicyclic) bond motifs is 1. The van der Waals surface area contributed by atoms with Crippen LogP contribution in [-0.4, -0.2) is 26.0 Å². The van der Waals surface area contributed by atoms with Crippen LogP contribution in [0, 0.1) is 0 Å². The molecule has 0 spiro atoms. The summed E-state index contributed by atoms with van der Waals surface area (Å²) >= 11 is 0. The topological polar surface area (TPSA) is 32.3 Å². The quantitative estimate of drug-likeness (QED) is 0.779. The SMILES string of the molecule is CNCCN(C(=O)c1ccccc1)c1ccc2ccccc2c1. The van der Waals surface area contributed by atoms with Crippen LogP contribution in [0.2, 0.25) is 0 Å². The number of amides is 1. The summed E-state index contributed by atoms with van der Waals surface area (Å²) in [6, 6.07) is 23.8. The molecule has 0 bridgehead atoms. The molecule has 0 aliphatic heterocycles. The monoisotopic (exact) mass is 304 g/mol. The maximum Gasteiger partial charge on any atom is 0.258 e. The molecule has 0 aliphatic rings. The molecule has 0 aromatic heterocycles. The van der Waals surface area contributed by atoms with Crippen molar-refractivity contribution < 1.29 is 4.79 Å². The largest absolute Gasteiger partial charge is 0.318 e. The summed E-state index contributed by atoms with van der Waals surface area (Å²) in [5.41, 5.74) is 1.63. The zero-order valence-electron chi connectivity index (χ0n) is 13.2. The maximum absolute atomic E-state index is 12.9. The van der Waals surface area contributed by atoms with Gasteiger partial charge in [-0.2, -0.15) is 0 Å². The summed E-state index contributed by atoms with van der Waals surface area (Å²) in [6.45, 7) is 1.37. The first-order valence-corrected chi connectivity index (χ1v) is 7.80. The van der Waals surface area contributed by atoms with Gasteiger partial charge in [-0.25, -0.2) is 0 Å². The van der Waals surface area contributed by atoms with Gasteiger partial charge in [-0.05, 0) is 42.1 Å². The lowest BCUT2D eigenvalue weighted by Crippen LogP contribution is -2.36. The third-order valence-electron chi connectivity index (χ3n) is 3.90. The van der Waals surface area contributed by atoms with E-state index in [1.807, 2.05) is 60.5 Å². The van der Waals surface area contributed by atoms with Crippen LogP contribution in [0.5, 0.6) is 0 Å². The normalized spacial score (nSPS) is 10.7. The van der Waals surface area contributed by atoms with E-state index in [2.05, 4.69) is 29.6 Å². The fourth-order valence-electron chi connectivity index (χ4n) is 2.65. The molecule has 0 heterocycles. The minimum Gasteiger partial charge on any atom is -0.318 e. The molecule has 3 nitrogen and oxygen atoms in total. The van der Waals surface area contributed by atoms with Gasteiger partial charge in [-0.1, -0.05) is 48.5 Å². The van der Waals surface area contributed by atoms with E-state index >= 15 is 0 Å². The van der Waals surface area contributed by atoms with Crippen molar-refractivity contribution in [2.75, 3.05) is 25.0 Å². The molecule has 23 heavy (non-hydrogen) atoms. The van der Waals surface area contributed by atoms with Crippen molar-refractivity contribution in [3.63, 3.8) is 0 Å². The number of hydrogen-bond donors (Lipinski definition) is 1. The molecular formula is C20H20N2O. The molecule has 1 N–H and O–H groups in total. The number of rotatable bonds is 5. The average Bonchev–Trinajstić information content (AvgIpc) is 2.62. The maximum atomic E-state index is 12.9. The van der Waals surface area contributed by atoms with Gasteiger partial charge in [-0.15, -0.1) is 0 Å². The molecule has 3 heteroatoms. The van der Waals surface area contributed by atoms with E-state index in [1.165, 1.54) is 5.39 Å². The van der Waals surface area contributed by atoms with E-state index in [9.17, 15) is 4.79 Å². The van der Waals surface area contributed by atoms with Gasteiger partial charge in [0.05, 0.1) is 0 Å². The Bertz CT molecular complexity index is 799. The van der Waals surface area contributed by atoms with E-state index < -0.39 is 0 Å². The number of likely N-dealkylation sites (N-methyl/N-ethyl adjacent to an activating group) is 1. The minimum atomic E-state index is 0.0242. The van der Waals surface area contributed by atoms with Gasteiger partial charge < -0.3 is 10.2 Å². The number of nitrogens with one attached hydrogen (secondary N) is 1. The zero-order valence-corrected chi connectivity index (χ0v) is 13.2. The van der Waals surface area contributed by atoms with Crippen molar-refractivity contribution in [2.24, 2.45) is 0 Å². The molecule has 1 amide bonds. The van der Waals surface area contributed by atoms with Gasteiger partial charge >= 0.3 is 0 Å².